The maximum Gasteiger partial charge on any atom is 0.241 e. The van der Waals surface area contributed by atoms with Gasteiger partial charge in [0.25, 0.3) is 0 Å². The van der Waals surface area contributed by atoms with Crippen molar-refractivity contribution in [3.05, 3.63) is 0 Å². The van der Waals surface area contributed by atoms with Gasteiger partial charge in [-0.3, -0.25) is 10.1 Å². The molecule has 1 amide bonds. The van der Waals surface area contributed by atoms with Crippen LogP contribution in [0.3, 0.4) is 0 Å². The second-order valence-corrected chi connectivity index (χ2v) is 5.69. The predicted molar refractivity (Wildman–Crippen MR) is 79.5 cm³/mol. The summed E-state index contributed by atoms with van der Waals surface area (Å²) in [7, 11) is 1.67. The zero-order valence-electron chi connectivity index (χ0n) is 13.4. The number of amides is 1. The molecular formula is C15H30N2O3. The van der Waals surface area contributed by atoms with Crippen LogP contribution < -0.4 is 5.32 Å². The fourth-order valence-corrected chi connectivity index (χ4v) is 2.58. The van der Waals surface area contributed by atoms with E-state index >= 15 is 0 Å². The van der Waals surface area contributed by atoms with Gasteiger partial charge in [-0.1, -0.05) is 27.2 Å². The van der Waals surface area contributed by atoms with Crippen molar-refractivity contribution in [3.63, 3.8) is 0 Å². The minimum Gasteiger partial charge on any atom is -0.382 e. The molecule has 0 aromatic carbocycles. The van der Waals surface area contributed by atoms with Crippen molar-refractivity contribution in [2.75, 3.05) is 33.5 Å². The van der Waals surface area contributed by atoms with Crippen molar-refractivity contribution < 1.29 is 14.3 Å². The molecule has 5 nitrogen and oxygen atoms in total. The number of nitrogens with zero attached hydrogens (tertiary/aromatic N) is 1. The van der Waals surface area contributed by atoms with Crippen molar-refractivity contribution in [2.45, 2.75) is 52.2 Å². The SMILES string of the molecule is CCCC1NC(C(C)C)N(CCCOCCOC)C1=O. The maximum atomic E-state index is 12.4. The van der Waals surface area contributed by atoms with Crippen LogP contribution in [0.5, 0.6) is 0 Å². The first-order valence-electron chi connectivity index (χ1n) is 7.75. The lowest BCUT2D eigenvalue weighted by molar-refractivity contribution is -0.130. The maximum absolute atomic E-state index is 12.4. The molecule has 0 bridgehead atoms. The summed E-state index contributed by atoms with van der Waals surface area (Å²) in [6.07, 6.45) is 2.99. The molecule has 0 radical (unpaired) electrons. The number of nitrogens with one attached hydrogen (secondary N) is 1. The summed E-state index contributed by atoms with van der Waals surface area (Å²) in [5.41, 5.74) is 0. The zero-order chi connectivity index (χ0) is 15.0. The molecule has 1 fully saturated rings. The Bertz CT molecular complexity index is 284. The third kappa shape index (κ3) is 5.04. The number of methoxy groups -OCH3 is 1. The van der Waals surface area contributed by atoms with E-state index in [2.05, 4.69) is 26.1 Å². The van der Waals surface area contributed by atoms with Gasteiger partial charge in [0, 0.05) is 20.3 Å². The standard InChI is InChI=1S/C15H30N2O3/c1-5-7-13-15(18)17(14(16-13)12(2)3)8-6-9-20-11-10-19-4/h12-14,16H,5-11H2,1-4H3. The minimum absolute atomic E-state index is 0.00168. The summed E-state index contributed by atoms with van der Waals surface area (Å²) < 4.78 is 10.4. The highest BCUT2D eigenvalue weighted by Crippen LogP contribution is 2.20. The van der Waals surface area contributed by atoms with E-state index in [1.165, 1.54) is 0 Å². The topological polar surface area (TPSA) is 50.8 Å². The first kappa shape index (κ1) is 17.4. The average Bonchev–Trinajstić information content (AvgIpc) is 2.72. The monoisotopic (exact) mass is 286 g/mol. The average molecular weight is 286 g/mol. The van der Waals surface area contributed by atoms with Crippen molar-refractivity contribution in [1.82, 2.24) is 10.2 Å². The van der Waals surface area contributed by atoms with Crippen LogP contribution in [-0.2, 0) is 14.3 Å². The molecule has 0 aliphatic carbocycles. The van der Waals surface area contributed by atoms with Crippen molar-refractivity contribution in [1.29, 1.82) is 0 Å². The largest absolute Gasteiger partial charge is 0.382 e. The molecule has 0 spiro atoms. The summed E-state index contributed by atoms with van der Waals surface area (Å²) in [5, 5.41) is 3.47. The third-order valence-corrected chi connectivity index (χ3v) is 3.62. The van der Waals surface area contributed by atoms with E-state index in [0.717, 1.165) is 25.8 Å². The Labute approximate surface area is 123 Å². The van der Waals surface area contributed by atoms with E-state index in [0.29, 0.717) is 25.7 Å². The van der Waals surface area contributed by atoms with Crippen LogP contribution in [0.2, 0.25) is 0 Å². The Morgan fingerprint density at radius 2 is 2.05 bits per heavy atom. The van der Waals surface area contributed by atoms with Crippen LogP contribution in [0.15, 0.2) is 0 Å². The fourth-order valence-electron chi connectivity index (χ4n) is 2.58. The van der Waals surface area contributed by atoms with Gasteiger partial charge in [0.05, 0.1) is 25.4 Å². The molecule has 1 aliphatic heterocycles. The summed E-state index contributed by atoms with van der Waals surface area (Å²) in [6, 6.07) is 0.00168. The molecule has 1 saturated heterocycles. The van der Waals surface area contributed by atoms with Crippen molar-refractivity contribution in [3.8, 4) is 0 Å². The lowest BCUT2D eigenvalue weighted by Gasteiger charge is -2.27. The first-order chi connectivity index (χ1) is 9.61. The summed E-state index contributed by atoms with van der Waals surface area (Å²) in [4.78, 5) is 14.4. The molecule has 0 aromatic rings. The number of hydrogen-bond acceptors (Lipinski definition) is 4. The van der Waals surface area contributed by atoms with Gasteiger partial charge >= 0.3 is 0 Å². The molecule has 2 unspecified atom stereocenters. The summed E-state index contributed by atoms with van der Waals surface area (Å²) in [5.74, 6) is 0.678. The van der Waals surface area contributed by atoms with E-state index in [9.17, 15) is 4.79 Å². The normalized spacial score (nSPS) is 23.1. The van der Waals surface area contributed by atoms with Crippen molar-refractivity contribution in [2.24, 2.45) is 5.92 Å². The van der Waals surface area contributed by atoms with Gasteiger partial charge in [-0.2, -0.15) is 0 Å². The van der Waals surface area contributed by atoms with E-state index in [-0.39, 0.29) is 18.1 Å². The van der Waals surface area contributed by atoms with Crippen LogP contribution in [0.4, 0.5) is 0 Å². The van der Waals surface area contributed by atoms with E-state index in [4.69, 9.17) is 9.47 Å². The molecule has 0 aromatic heterocycles. The molecule has 5 heteroatoms. The second kappa shape index (κ2) is 9.32. The Morgan fingerprint density at radius 1 is 1.30 bits per heavy atom. The summed E-state index contributed by atoms with van der Waals surface area (Å²) >= 11 is 0. The van der Waals surface area contributed by atoms with Gasteiger partial charge in [0.1, 0.15) is 0 Å². The Hall–Kier alpha value is -0.650. The molecule has 1 N–H and O–H groups in total. The molecule has 0 saturated carbocycles. The molecule has 1 heterocycles. The number of carbonyl (C=O) groups is 1. The van der Waals surface area contributed by atoms with Gasteiger partial charge in [-0.25, -0.2) is 0 Å². The number of hydrogen-bond donors (Lipinski definition) is 1. The van der Waals surface area contributed by atoms with Gasteiger partial charge < -0.3 is 14.4 Å². The highest BCUT2D eigenvalue weighted by Gasteiger charge is 2.38. The zero-order valence-corrected chi connectivity index (χ0v) is 13.4. The third-order valence-electron chi connectivity index (χ3n) is 3.62. The van der Waals surface area contributed by atoms with Crippen LogP contribution in [-0.4, -0.2) is 56.5 Å². The Kier molecular flexibility index (Phi) is 8.11. The van der Waals surface area contributed by atoms with Gasteiger partial charge in [-0.15, -0.1) is 0 Å². The van der Waals surface area contributed by atoms with Crippen molar-refractivity contribution >= 4 is 5.91 Å². The number of ether oxygens (including phenoxy) is 2. The van der Waals surface area contributed by atoms with Gasteiger partial charge in [0.2, 0.25) is 5.91 Å². The van der Waals surface area contributed by atoms with Crippen LogP contribution in [0.1, 0.15) is 40.0 Å². The number of carbonyl (C=O) groups excluding carboxylic acids is 1. The molecule has 1 rings (SSSR count). The lowest BCUT2D eigenvalue weighted by Crippen LogP contribution is -2.42. The van der Waals surface area contributed by atoms with Crippen LogP contribution in [0.25, 0.3) is 0 Å². The number of rotatable bonds is 10. The van der Waals surface area contributed by atoms with Gasteiger partial charge in [-0.05, 0) is 18.8 Å². The molecular weight excluding hydrogens is 256 g/mol. The van der Waals surface area contributed by atoms with Crippen LogP contribution in [0, 0.1) is 5.92 Å². The van der Waals surface area contributed by atoms with E-state index in [1.54, 1.807) is 7.11 Å². The van der Waals surface area contributed by atoms with E-state index in [1.807, 2.05) is 4.90 Å². The fraction of sp³-hybridized carbons (Fsp3) is 0.933. The minimum atomic E-state index is 0.00168. The first-order valence-corrected chi connectivity index (χ1v) is 7.75. The lowest BCUT2D eigenvalue weighted by atomic mass is 10.1. The Balaban J connectivity index is 2.38. The molecule has 118 valence electrons. The highest BCUT2D eigenvalue weighted by molar-refractivity contribution is 5.84. The second-order valence-electron chi connectivity index (χ2n) is 5.69. The smallest absolute Gasteiger partial charge is 0.241 e. The predicted octanol–water partition coefficient (Wildman–Crippen LogP) is 1.62. The van der Waals surface area contributed by atoms with E-state index < -0.39 is 0 Å². The van der Waals surface area contributed by atoms with Crippen LogP contribution >= 0.6 is 0 Å². The molecule has 1 aliphatic rings. The molecule has 20 heavy (non-hydrogen) atoms. The highest BCUT2D eigenvalue weighted by atomic mass is 16.5. The van der Waals surface area contributed by atoms with Gasteiger partial charge in [0.15, 0.2) is 0 Å². The summed E-state index contributed by atoms with van der Waals surface area (Å²) in [6.45, 7) is 9.11. The Morgan fingerprint density at radius 3 is 2.65 bits per heavy atom. The molecule has 2 atom stereocenters. The quantitative estimate of drug-likeness (QED) is 0.620.